The Bertz CT molecular complexity index is 451. The quantitative estimate of drug-likeness (QED) is 0.729. The number of hydrogen-bond donors (Lipinski definition) is 3. The number of primary amides is 2. The van der Waals surface area contributed by atoms with E-state index in [2.05, 4.69) is 19.2 Å². The third-order valence-corrected chi connectivity index (χ3v) is 2.74. The summed E-state index contributed by atoms with van der Waals surface area (Å²) < 4.78 is 0. The van der Waals surface area contributed by atoms with Crippen molar-refractivity contribution in [3.05, 3.63) is 29.3 Å². The molecule has 0 radical (unpaired) electrons. The zero-order valence-electron chi connectivity index (χ0n) is 11.6. The van der Waals surface area contributed by atoms with Crippen molar-refractivity contribution in [3.8, 4) is 0 Å². The predicted octanol–water partition coefficient (Wildman–Crippen LogP) is 1.73. The number of amides is 2. The molecular weight excluding hydrogens is 242 g/mol. The molecular formula is C14H21N3O2. The topological polar surface area (TPSA) is 98.2 Å². The lowest BCUT2D eigenvalue weighted by atomic mass is 10.0. The number of nitrogens with two attached hydrogens (primary N) is 2. The summed E-state index contributed by atoms with van der Waals surface area (Å²) in [6.07, 6.45) is 0.979. The van der Waals surface area contributed by atoms with Crippen LogP contribution >= 0.6 is 0 Å². The first-order valence-electron chi connectivity index (χ1n) is 6.30. The van der Waals surface area contributed by atoms with Crippen molar-refractivity contribution in [2.24, 2.45) is 17.4 Å². The van der Waals surface area contributed by atoms with Crippen LogP contribution in [0.3, 0.4) is 0 Å². The Balaban J connectivity index is 2.99. The molecule has 0 heterocycles. The maximum Gasteiger partial charge on any atom is 0.248 e. The van der Waals surface area contributed by atoms with Gasteiger partial charge in [0.05, 0.1) is 0 Å². The number of benzene rings is 1. The van der Waals surface area contributed by atoms with E-state index in [4.69, 9.17) is 11.5 Å². The monoisotopic (exact) mass is 263 g/mol. The molecule has 0 saturated carbocycles. The Morgan fingerprint density at radius 1 is 1.05 bits per heavy atom. The zero-order chi connectivity index (χ0) is 14.6. The van der Waals surface area contributed by atoms with Gasteiger partial charge >= 0.3 is 0 Å². The van der Waals surface area contributed by atoms with Crippen molar-refractivity contribution in [1.29, 1.82) is 0 Å². The first-order chi connectivity index (χ1) is 8.79. The van der Waals surface area contributed by atoms with E-state index in [1.54, 1.807) is 12.1 Å². The van der Waals surface area contributed by atoms with Crippen LogP contribution in [0.1, 0.15) is 47.9 Å². The first-order valence-corrected chi connectivity index (χ1v) is 6.30. The Morgan fingerprint density at radius 3 is 1.89 bits per heavy atom. The molecule has 0 aromatic heterocycles. The maximum absolute atomic E-state index is 11.2. The van der Waals surface area contributed by atoms with Gasteiger partial charge in [0.15, 0.2) is 0 Å². The third-order valence-electron chi connectivity index (χ3n) is 2.74. The van der Waals surface area contributed by atoms with Crippen LogP contribution in [-0.2, 0) is 0 Å². The number of carbonyl (C=O) groups is 2. The molecule has 0 fully saturated rings. The fourth-order valence-corrected chi connectivity index (χ4v) is 2.05. The molecule has 1 aromatic carbocycles. The summed E-state index contributed by atoms with van der Waals surface area (Å²) in [5.74, 6) is -0.609. The van der Waals surface area contributed by atoms with E-state index in [1.165, 1.54) is 6.07 Å². The Labute approximate surface area is 113 Å². The first kappa shape index (κ1) is 15.0. The SMILES string of the molecule is CC(C)CC(C)Nc1cc(C(N)=O)cc(C(N)=O)c1. The van der Waals surface area contributed by atoms with Gasteiger partial charge in [0, 0.05) is 22.9 Å². The summed E-state index contributed by atoms with van der Waals surface area (Å²) in [6.45, 7) is 6.31. The second-order valence-corrected chi connectivity index (χ2v) is 5.20. The van der Waals surface area contributed by atoms with Gasteiger partial charge in [-0.25, -0.2) is 0 Å². The van der Waals surface area contributed by atoms with Crippen molar-refractivity contribution in [3.63, 3.8) is 0 Å². The summed E-state index contributed by atoms with van der Waals surface area (Å²) in [5.41, 5.74) is 11.7. The van der Waals surface area contributed by atoms with Gasteiger partial charge in [0.2, 0.25) is 11.8 Å². The number of rotatable bonds is 6. The molecule has 0 aliphatic rings. The third kappa shape index (κ3) is 4.62. The second kappa shape index (κ2) is 6.22. The molecule has 0 aliphatic carbocycles. The molecule has 0 aliphatic heterocycles. The van der Waals surface area contributed by atoms with Gasteiger partial charge in [-0.05, 0) is 37.5 Å². The highest BCUT2D eigenvalue weighted by Crippen LogP contribution is 2.17. The molecule has 5 N–H and O–H groups in total. The predicted molar refractivity (Wildman–Crippen MR) is 76.0 cm³/mol. The zero-order valence-corrected chi connectivity index (χ0v) is 11.6. The fourth-order valence-electron chi connectivity index (χ4n) is 2.05. The van der Waals surface area contributed by atoms with Crippen LogP contribution < -0.4 is 16.8 Å². The standard InChI is InChI=1S/C14H21N3O2/c1-8(2)4-9(3)17-12-6-10(13(15)18)5-11(7-12)14(16)19/h5-9,17H,4H2,1-3H3,(H2,15,18)(H2,16,19). The molecule has 0 saturated heterocycles. The lowest BCUT2D eigenvalue weighted by Gasteiger charge is -2.18. The number of nitrogens with one attached hydrogen (secondary N) is 1. The molecule has 1 unspecified atom stereocenters. The van der Waals surface area contributed by atoms with Gasteiger partial charge in [-0.2, -0.15) is 0 Å². The second-order valence-electron chi connectivity index (χ2n) is 5.20. The summed E-state index contributed by atoms with van der Waals surface area (Å²) in [6, 6.07) is 4.89. The lowest BCUT2D eigenvalue weighted by Crippen LogP contribution is -2.20. The molecule has 5 heteroatoms. The van der Waals surface area contributed by atoms with Crippen LogP contribution in [0.25, 0.3) is 0 Å². The highest BCUT2D eigenvalue weighted by molar-refractivity contribution is 5.99. The molecule has 104 valence electrons. The maximum atomic E-state index is 11.2. The van der Waals surface area contributed by atoms with Gasteiger partial charge in [0.25, 0.3) is 0 Å². The van der Waals surface area contributed by atoms with Crippen LogP contribution in [0.2, 0.25) is 0 Å². The molecule has 19 heavy (non-hydrogen) atoms. The average Bonchev–Trinajstić information content (AvgIpc) is 2.26. The molecule has 1 aromatic rings. The van der Waals surface area contributed by atoms with Crippen molar-refractivity contribution in [1.82, 2.24) is 0 Å². The van der Waals surface area contributed by atoms with Crippen molar-refractivity contribution >= 4 is 17.5 Å². The van der Waals surface area contributed by atoms with Crippen LogP contribution in [0.5, 0.6) is 0 Å². The van der Waals surface area contributed by atoms with E-state index in [-0.39, 0.29) is 17.2 Å². The number of carbonyl (C=O) groups excluding carboxylic acids is 2. The van der Waals surface area contributed by atoms with E-state index in [0.29, 0.717) is 11.6 Å². The lowest BCUT2D eigenvalue weighted by molar-refractivity contribution is 0.0999. The van der Waals surface area contributed by atoms with Crippen LogP contribution in [-0.4, -0.2) is 17.9 Å². The Hall–Kier alpha value is -2.04. The molecule has 2 amide bonds. The fraction of sp³-hybridized carbons (Fsp3) is 0.429. The van der Waals surface area contributed by atoms with Crippen molar-refractivity contribution < 1.29 is 9.59 Å². The molecule has 0 spiro atoms. The molecule has 1 atom stereocenters. The van der Waals surface area contributed by atoms with Gasteiger partial charge in [0.1, 0.15) is 0 Å². The van der Waals surface area contributed by atoms with Gasteiger partial charge in [-0.15, -0.1) is 0 Å². The Morgan fingerprint density at radius 2 is 1.53 bits per heavy atom. The number of anilines is 1. The van der Waals surface area contributed by atoms with E-state index < -0.39 is 11.8 Å². The van der Waals surface area contributed by atoms with Gasteiger partial charge in [-0.1, -0.05) is 13.8 Å². The minimum absolute atomic E-state index is 0.226. The number of hydrogen-bond acceptors (Lipinski definition) is 3. The van der Waals surface area contributed by atoms with Crippen molar-refractivity contribution in [2.45, 2.75) is 33.2 Å². The van der Waals surface area contributed by atoms with Crippen LogP contribution in [0.4, 0.5) is 5.69 Å². The summed E-state index contributed by atoms with van der Waals surface area (Å²) in [7, 11) is 0. The largest absolute Gasteiger partial charge is 0.383 e. The minimum atomic E-state index is -0.581. The van der Waals surface area contributed by atoms with Crippen molar-refractivity contribution in [2.75, 3.05) is 5.32 Å². The van der Waals surface area contributed by atoms with Crippen LogP contribution in [0.15, 0.2) is 18.2 Å². The van der Waals surface area contributed by atoms with E-state index >= 15 is 0 Å². The summed E-state index contributed by atoms with van der Waals surface area (Å²) in [4.78, 5) is 22.5. The average molecular weight is 263 g/mol. The molecule has 0 bridgehead atoms. The Kier molecular flexibility index (Phi) is 4.92. The normalized spacial score (nSPS) is 12.2. The molecule has 1 rings (SSSR count). The highest BCUT2D eigenvalue weighted by atomic mass is 16.1. The summed E-state index contributed by atoms with van der Waals surface area (Å²) >= 11 is 0. The highest BCUT2D eigenvalue weighted by Gasteiger charge is 2.11. The summed E-state index contributed by atoms with van der Waals surface area (Å²) in [5, 5.41) is 3.25. The van der Waals surface area contributed by atoms with Crippen LogP contribution in [0, 0.1) is 5.92 Å². The molecule has 5 nitrogen and oxygen atoms in total. The van der Waals surface area contributed by atoms with Gasteiger partial charge < -0.3 is 16.8 Å². The minimum Gasteiger partial charge on any atom is -0.383 e. The smallest absolute Gasteiger partial charge is 0.248 e. The van der Waals surface area contributed by atoms with E-state index in [1.807, 2.05) is 6.92 Å². The van der Waals surface area contributed by atoms with E-state index in [0.717, 1.165) is 6.42 Å². The van der Waals surface area contributed by atoms with E-state index in [9.17, 15) is 9.59 Å². The van der Waals surface area contributed by atoms with Gasteiger partial charge in [-0.3, -0.25) is 9.59 Å².